The molecule has 0 saturated carbocycles. The fourth-order valence-electron chi connectivity index (χ4n) is 0.876. The van der Waals surface area contributed by atoms with Gasteiger partial charge in [0.1, 0.15) is 5.01 Å². The lowest BCUT2D eigenvalue weighted by Gasteiger charge is -1.84. The first-order valence-corrected chi connectivity index (χ1v) is 5.06. The fourth-order valence-corrected chi connectivity index (χ4v) is 2.41. The van der Waals surface area contributed by atoms with Crippen LogP contribution in [0.2, 0.25) is 0 Å². The average molecular weight is 191 g/mol. The third-order valence-electron chi connectivity index (χ3n) is 1.39. The van der Waals surface area contributed by atoms with Gasteiger partial charge in [-0.1, -0.05) is 5.92 Å². The van der Waals surface area contributed by atoms with E-state index in [1.165, 1.54) is 0 Å². The molecule has 0 atom stereocenters. The van der Waals surface area contributed by atoms with E-state index in [2.05, 4.69) is 10.9 Å². The fraction of sp³-hybridized carbons (Fsp3) is 0. The smallest absolute Gasteiger partial charge is 0.133 e. The van der Waals surface area contributed by atoms with Crippen LogP contribution in [0, 0.1) is 12.3 Å². The molecule has 1 nitrogen and oxygen atoms in total. The molecule has 0 bridgehead atoms. The third kappa shape index (κ3) is 1.27. The standard InChI is InChI=1S/C9H5NS2/c1-2-7-3-4-8(12-7)9-10-5-6-11-9/h1,3-6H. The first-order valence-electron chi connectivity index (χ1n) is 3.36. The minimum Gasteiger partial charge on any atom is -0.244 e. The molecule has 2 aromatic heterocycles. The Labute approximate surface area is 78.7 Å². The van der Waals surface area contributed by atoms with Crippen molar-refractivity contribution in [1.29, 1.82) is 0 Å². The van der Waals surface area contributed by atoms with Crippen LogP contribution in [0.15, 0.2) is 23.7 Å². The molecular weight excluding hydrogens is 186 g/mol. The van der Waals surface area contributed by atoms with Crippen molar-refractivity contribution in [2.45, 2.75) is 0 Å². The second-order valence-corrected chi connectivity index (χ2v) is 4.12. The number of rotatable bonds is 1. The zero-order valence-electron chi connectivity index (χ0n) is 6.15. The molecule has 2 heterocycles. The van der Waals surface area contributed by atoms with E-state index >= 15 is 0 Å². The van der Waals surface area contributed by atoms with E-state index in [9.17, 15) is 0 Å². The highest BCUT2D eigenvalue weighted by Crippen LogP contribution is 2.28. The van der Waals surface area contributed by atoms with Gasteiger partial charge in [0, 0.05) is 11.6 Å². The summed E-state index contributed by atoms with van der Waals surface area (Å²) < 4.78 is 0. The summed E-state index contributed by atoms with van der Waals surface area (Å²) in [6.45, 7) is 0. The van der Waals surface area contributed by atoms with Crippen LogP contribution in [0.4, 0.5) is 0 Å². The lowest BCUT2D eigenvalue weighted by Crippen LogP contribution is -1.63. The molecule has 0 N–H and O–H groups in total. The van der Waals surface area contributed by atoms with Gasteiger partial charge in [-0.3, -0.25) is 0 Å². The van der Waals surface area contributed by atoms with Crippen molar-refractivity contribution in [1.82, 2.24) is 4.98 Å². The van der Waals surface area contributed by atoms with Gasteiger partial charge in [0.25, 0.3) is 0 Å². The normalized spacial score (nSPS) is 9.58. The number of thiazole rings is 1. The Hall–Kier alpha value is -1.11. The summed E-state index contributed by atoms with van der Waals surface area (Å²) in [5, 5.41) is 3.01. The van der Waals surface area contributed by atoms with Crippen molar-refractivity contribution in [3.8, 4) is 22.2 Å². The van der Waals surface area contributed by atoms with Gasteiger partial charge >= 0.3 is 0 Å². The molecule has 3 heteroatoms. The zero-order valence-corrected chi connectivity index (χ0v) is 7.78. The van der Waals surface area contributed by atoms with Crippen molar-refractivity contribution in [2.24, 2.45) is 0 Å². The number of hydrogen-bond acceptors (Lipinski definition) is 3. The van der Waals surface area contributed by atoms with Gasteiger partial charge in [-0.15, -0.1) is 29.1 Å². The summed E-state index contributed by atoms with van der Waals surface area (Å²) in [7, 11) is 0. The van der Waals surface area contributed by atoms with Gasteiger partial charge in [0.2, 0.25) is 0 Å². The first kappa shape index (κ1) is 7.53. The van der Waals surface area contributed by atoms with E-state index in [1.807, 2.05) is 17.5 Å². The SMILES string of the molecule is C#Cc1ccc(-c2nccs2)s1. The molecule has 0 amide bonds. The number of hydrogen-bond donors (Lipinski definition) is 0. The molecule has 0 spiro atoms. The van der Waals surface area contributed by atoms with Crippen LogP contribution in [0.1, 0.15) is 4.88 Å². The molecule has 2 aromatic rings. The van der Waals surface area contributed by atoms with Crippen molar-refractivity contribution < 1.29 is 0 Å². The van der Waals surface area contributed by atoms with Crippen molar-refractivity contribution >= 4 is 22.7 Å². The highest BCUT2D eigenvalue weighted by atomic mass is 32.1. The van der Waals surface area contributed by atoms with Gasteiger partial charge in [-0.05, 0) is 12.1 Å². The van der Waals surface area contributed by atoms with E-state index in [0.717, 1.165) is 14.8 Å². The summed E-state index contributed by atoms with van der Waals surface area (Å²) in [5.41, 5.74) is 0. The van der Waals surface area contributed by atoms with E-state index in [-0.39, 0.29) is 0 Å². The average Bonchev–Trinajstić information content (AvgIpc) is 2.75. The Morgan fingerprint density at radius 2 is 2.33 bits per heavy atom. The second kappa shape index (κ2) is 3.10. The van der Waals surface area contributed by atoms with Crippen LogP contribution < -0.4 is 0 Å². The van der Waals surface area contributed by atoms with Crippen molar-refractivity contribution in [3.63, 3.8) is 0 Å². The summed E-state index contributed by atoms with van der Waals surface area (Å²) in [5.74, 6) is 2.60. The lowest BCUT2D eigenvalue weighted by molar-refractivity contribution is 1.43. The van der Waals surface area contributed by atoms with Gasteiger partial charge in [0.05, 0.1) is 9.75 Å². The van der Waals surface area contributed by atoms with Crippen LogP contribution >= 0.6 is 22.7 Å². The quantitative estimate of drug-likeness (QED) is 0.632. The van der Waals surface area contributed by atoms with Crippen LogP contribution in [0.5, 0.6) is 0 Å². The molecule has 2 rings (SSSR count). The monoisotopic (exact) mass is 191 g/mol. The minimum atomic E-state index is 0.959. The predicted octanol–water partition coefficient (Wildman–Crippen LogP) is 2.85. The molecule has 0 fully saturated rings. The van der Waals surface area contributed by atoms with Gasteiger partial charge < -0.3 is 0 Å². The summed E-state index contributed by atoms with van der Waals surface area (Å²) in [6, 6.07) is 3.96. The Kier molecular flexibility index (Phi) is 1.94. The maximum atomic E-state index is 5.26. The Morgan fingerprint density at radius 3 is 2.92 bits per heavy atom. The summed E-state index contributed by atoms with van der Waals surface area (Å²) in [4.78, 5) is 6.30. The molecule has 12 heavy (non-hydrogen) atoms. The molecule has 58 valence electrons. The summed E-state index contributed by atoms with van der Waals surface area (Å²) >= 11 is 3.23. The first-order chi connectivity index (χ1) is 5.90. The second-order valence-electron chi connectivity index (χ2n) is 2.15. The van der Waals surface area contributed by atoms with E-state index in [4.69, 9.17) is 6.42 Å². The Bertz CT molecular complexity index is 406. The van der Waals surface area contributed by atoms with Crippen molar-refractivity contribution in [3.05, 3.63) is 28.6 Å². The molecule has 0 aliphatic heterocycles. The molecule has 0 radical (unpaired) electrons. The maximum Gasteiger partial charge on any atom is 0.133 e. The molecule has 0 aliphatic rings. The van der Waals surface area contributed by atoms with Gasteiger partial charge in [0.15, 0.2) is 0 Å². The zero-order chi connectivity index (χ0) is 8.39. The highest BCUT2D eigenvalue weighted by molar-refractivity contribution is 7.21. The Balaban J connectivity index is 2.44. The van der Waals surface area contributed by atoms with E-state index in [1.54, 1.807) is 28.9 Å². The topological polar surface area (TPSA) is 12.9 Å². The third-order valence-corrected chi connectivity index (χ3v) is 3.35. The lowest BCUT2D eigenvalue weighted by atomic mass is 10.4. The molecule has 0 aliphatic carbocycles. The molecule has 0 unspecified atom stereocenters. The van der Waals surface area contributed by atoms with E-state index in [0.29, 0.717) is 0 Å². The Morgan fingerprint density at radius 1 is 1.42 bits per heavy atom. The van der Waals surface area contributed by atoms with Crippen LogP contribution in [-0.4, -0.2) is 4.98 Å². The predicted molar refractivity (Wildman–Crippen MR) is 53.4 cm³/mol. The highest BCUT2D eigenvalue weighted by Gasteiger charge is 2.02. The minimum absolute atomic E-state index is 0.959. The number of aromatic nitrogens is 1. The van der Waals surface area contributed by atoms with Crippen LogP contribution in [0.3, 0.4) is 0 Å². The molecular formula is C9H5NS2. The van der Waals surface area contributed by atoms with E-state index < -0.39 is 0 Å². The van der Waals surface area contributed by atoms with Crippen molar-refractivity contribution in [2.75, 3.05) is 0 Å². The van der Waals surface area contributed by atoms with Gasteiger partial charge in [-0.2, -0.15) is 0 Å². The molecule has 0 aromatic carbocycles. The maximum absolute atomic E-state index is 5.26. The van der Waals surface area contributed by atoms with Crippen LogP contribution in [-0.2, 0) is 0 Å². The molecule has 0 saturated heterocycles. The largest absolute Gasteiger partial charge is 0.244 e. The van der Waals surface area contributed by atoms with Crippen LogP contribution in [0.25, 0.3) is 9.88 Å². The number of thiophene rings is 1. The number of nitrogens with zero attached hydrogens (tertiary/aromatic N) is 1. The van der Waals surface area contributed by atoms with Gasteiger partial charge in [-0.25, -0.2) is 4.98 Å². The number of terminal acetylenes is 1. The summed E-state index contributed by atoms with van der Waals surface area (Å²) in [6.07, 6.45) is 7.06.